The van der Waals surface area contributed by atoms with E-state index in [1.165, 1.54) is 13.8 Å². The third-order valence-electron chi connectivity index (χ3n) is 5.44. The summed E-state index contributed by atoms with van der Waals surface area (Å²) in [5.74, 6) is -6.99. The molecule has 0 saturated carbocycles. The standard InChI is InChI=1S/C31H22F5O3S/c1-31(2,18-17-24-26(32)28(34)30(36)29(35)27(24)33)39-25(37)19-38-20-13-15-23(16-14-20)40(21-9-5-3-6-10-21)22-11-7-4-8-12-22/h3-16H,19H2,1-2H3/q+1. The van der Waals surface area contributed by atoms with Crippen molar-refractivity contribution in [1.82, 2.24) is 0 Å². The van der Waals surface area contributed by atoms with Crippen LogP contribution in [-0.2, 0) is 20.4 Å². The number of rotatable bonds is 7. The summed E-state index contributed by atoms with van der Waals surface area (Å²) in [5.41, 5.74) is -2.94. The Morgan fingerprint density at radius 3 is 1.65 bits per heavy atom. The van der Waals surface area contributed by atoms with Crippen LogP contribution in [-0.4, -0.2) is 18.2 Å². The van der Waals surface area contributed by atoms with Gasteiger partial charge in [0, 0.05) is 0 Å². The van der Waals surface area contributed by atoms with Crippen LogP contribution in [0.1, 0.15) is 19.4 Å². The molecular formula is C31H22F5O3S+. The predicted octanol–water partition coefficient (Wildman–Crippen LogP) is 7.23. The van der Waals surface area contributed by atoms with Crippen molar-refractivity contribution >= 4 is 16.9 Å². The fraction of sp³-hybridized carbons (Fsp3) is 0.129. The van der Waals surface area contributed by atoms with Crippen molar-refractivity contribution in [3.05, 3.63) is 120 Å². The minimum absolute atomic E-state index is 0.359. The molecule has 0 aliphatic carbocycles. The molecule has 4 aromatic rings. The van der Waals surface area contributed by atoms with E-state index in [1.807, 2.05) is 54.5 Å². The molecule has 0 aromatic heterocycles. The van der Waals surface area contributed by atoms with E-state index in [4.69, 9.17) is 9.47 Å². The molecule has 0 heterocycles. The van der Waals surface area contributed by atoms with Crippen LogP contribution in [0.15, 0.2) is 99.6 Å². The van der Waals surface area contributed by atoms with E-state index < -0.39 is 52.8 Å². The first-order chi connectivity index (χ1) is 19.1. The maximum Gasteiger partial charge on any atom is 0.345 e. The summed E-state index contributed by atoms with van der Waals surface area (Å²) in [7, 11) is -0.359. The van der Waals surface area contributed by atoms with Gasteiger partial charge in [-0.1, -0.05) is 48.2 Å². The molecule has 0 saturated heterocycles. The van der Waals surface area contributed by atoms with Crippen molar-refractivity contribution < 1.29 is 36.2 Å². The molecular weight excluding hydrogens is 547 g/mol. The van der Waals surface area contributed by atoms with Crippen LogP contribution in [0.2, 0.25) is 0 Å². The molecule has 0 atom stereocenters. The van der Waals surface area contributed by atoms with E-state index in [0.717, 1.165) is 14.7 Å². The summed E-state index contributed by atoms with van der Waals surface area (Å²) in [6.45, 7) is 2.09. The van der Waals surface area contributed by atoms with Gasteiger partial charge < -0.3 is 9.47 Å². The minimum atomic E-state index is -2.28. The molecule has 0 radical (unpaired) electrons. The Morgan fingerprint density at radius 2 is 1.15 bits per heavy atom. The molecule has 0 fully saturated rings. The molecule has 0 aliphatic heterocycles. The van der Waals surface area contributed by atoms with Crippen molar-refractivity contribution in [2.45, 2.75) is 34.1 Å². The maximum absolute atomic E-state index is 13.9. The van der Waals surface area contributed by atoms with Crippen LogP contribution < -0.4 is 4.74 Å². The van der Waals surface area contributed by atoms with E-state index in [2.05, 4.69) is 30.2 Å². The minimum Gasteiger partial charge on any atom is -0.482 e. The highest BCUT2D eigenvalue weighted by Crippen LogP contribution is 2.32. The molecule has 4 aromatic carbocycles. The third-order valence-corrected chi connectivity index (χ3v) is 7.67. The van der Waals surface area contributed by atoms with Crippen LogP contribution in [0, 0.1) is 40.9 Å². The first-order valence-corrected chi connectivity index (χ1v) is 13.1. The van der Waals surface area contributed by atoms with Gasteiger partial charge in [-0.25, -0.2) is 26.7 Å². The van der Waals surface area contributed by atoms with Gasteiger partial charge >= 0.3 is 5.97 Å². The highest BCUT2D eigenvalue weighted by Gasteiger charge is 2.29. The van der Waals surface area contributed by atoms with E-state index >= 15 is 0 Å². The fourth-order valence-electron chi connectivity index (χ4n) is 3.60. The first-order valence-electron chi connectivity index (χ1n) is 11.9. The molecule has 0 N–H and O–H groups in total. The molecule has 40 heavy (non-hydrogen) atoms. The smallest absolute Gasteiger partial charge is 0.345 e. The second-order valence-electron chi connectivity index (χ2n) is 8.87. The number of ether oxygens (including phenoxy) is 2. The Balaban J connectivity index is 1.42. The predicted molar refractivity (Wildman–Crippen MR) is 140 cm³/mol. The molecule has 0 unspecified atom stereocenters. The van der Waals surface area contributed by atoms with Gasteiger partial charge in [0.25, 0.3) is 0 Å². The molecule has 4 rings (SSSR count). The largest absolute Gasteiger partial charge is 0.482 e. The topological polar surface area (TPSA) is 35.5 Å². The Morgan fingerprint density at radius 1 is 0.700 bits per heavy atom. The number of carbonyl (C=O) groups excluding carboxylic acids is 1. The second kappa shape index (κ2) is 12.3. The van der Waals surface area contributed by atoms with Gasteiger partial charge in [-0.05, 0) is 62.4 Å². The summed E-state index contributed by atoms with van der Waals surface area (Å²) in [6, 6.07) is 27.4. The zero-order valence-corrected chi connectivity index (χ0v) is 22.1. The Kier molecular flexibility index (Phi) is 8.80. The molecule has 0 aliphatic rings. The number of esters is 1. The van der Waals surface area contributed by atoms with Crippen molar-refractivity contribution in [2.75, 3.05) is 6.61 Å². The van der Waals surface area contributed by atoms with Gasteiger partial charge in [0.05, 0.1) is 10.9 Å². The van der Waals surface area contributed by atoms with E-state index in [0.29, 0.717) is 5.75 Å². The normalized spacial score (nSPS) is 11.1. The lowest BCUT2D eigenvalue weighted by Gasteiger charge is -2.19. The summed E-state index contributed by atoms with van der Waals surface area (Å²) >= 11 is 0. The number of hydrogen-bond donors (Lipinski definition) is 0. The Hall–Kier alpha value is -4.29. The van der Waals surface area contributed by atoms with Gasteiger partial charge in [0.15, 0.2) is 50.2 Å². The fourth-order valence-corrected chi connectivity index (χ4v) is 5.69. The average Bonchev–Trinajstić information content (AvgIpc) is 2.95. The summed E-state index contributed by atoms with van der Waals surface area (Å²) in [4.78, 5) is 15.7. The van der Waals surface area contributed by atoms with Gasteiger partial charge in [0.1, 0.15) is 11.3 Å². The van der Waals surface area contributed by atoms with Crippen LogP contribution in [0.5, 0.6) is 5.75 Å². The van der Waals surface area contributed by atoms with Crippen molar-refractivity contribution in [2.24, 2.45) is 0 Å². The van der Waals surface area contributed by atoms with E-state index in [-0.39, 0.29) is 10.9 Å². The summed E-state index contributed by atoms with van der Waals surface area (Å²) in [6.07, 6.45) is 0. The van der Waals surface area contributed by atoms with E-state index in [9.17, 15) is 26.7 Å². The summed E-state index contributed by atoms with van der Waals surface area (Å²) < 4.78 is 78.5. The average molecular weight is 570 g/mol. The monoisotopic (exact) mass is 569 g/mol. The third kappa shape index (κ3) is 6.64. The Bertz CT molecular complexity index is 1500. The molecule has 0 amide bonds. The zero-order chi connectivity index (χ0) is 28.9. The first kappa shape index (κ1) is 28.7. The van der Waals surface area contributed by atoms with Gasteiger partial charge in [0.2, 0.25) is 5.82 Å². The van der Waals surface area contributed by atoms with Crippen LogP contribution in [0.4, 0.5) is 22.0 Å². The molecule has 9 heteroatoms. The van der Waals surface area contributed by atoms with Gasteiger partial charge in [-0.15, -0.1) is 0 Å². The van der Waals surface area contributed by atoms with Crippen LogP contribution >= 0.6 is 0 Å². The van der Waals surface area contributed by atoms with Crippen molar-refractivity contribution in [1.29, 1.82) is 0 Å². The SMILES string of the molecule is CC(C)(C#Cc1c(F)c(F)c(F)c(F)c1F)OC(=O)COc1ccc([S+](c2ccccc2)c2ccccc2)cc1. The summed E-state index contributed by atoms with van der Waals surface area (Å²) in [5, 5.41) is 0. The van der Waals surface area contributed by atoms with Crippen LogP contribution in [0.3, 0.4) is 0 Å². The second-order valence-corrected chi connectivity index (χ2v) is 10.9. The highest BCUT2D eigenvalue weighted by molar-refractivity contribution is 7.97. The van der Waals surface area contributed by atoms with Crippen molar-refractivity contribution in [3.8, 4) is 17.6 Å². The lowest BCUT2D eigenvalue weighted by atomic mass is 10.1. The number of carbonyl (C=O) groups is 1. The maximum atomic E-state index is 13.9. The molecule has 204 valence electrons. The number of benzene rings is 4. The number of hydrogen-bond acceptors (Lipinski definition) is 3. The van der Waals surface area contributed by atoms with Crippen molar-refractivity contribution in [3.63, 3.8) is 0 Å². The molecule has 0 bridgehead atoms. The Labute approximate surface area is 230 Å². The van der Waals surface area contributed by atoms with Crippen LogP contribution in [0.25, 0.3) is 0 Å². The zero-order valence-electron chi connectivity index (χ0n) is 21.3. The van der Waals surface area contributed by atoms with Gasteiger partial charge in [-0.3, -0.25) is 0 Å². The quantitative estimate of drug-likeness (QED) is 0.0589. The lowest BCUT2D eigenvalue weighted by molar-refractivity contribution is -0.154. The highest BCUT2D eigenvalue weighted by atomic mass is 32.2. The van der Waals surface area contributed by atoms with E-state index in [1.54, 1.807) is 12.1 Å². The lowest BCUT2D eigenvalue weighted by Crippen LogP contribution is -2.29. The number of halogens is 5. The molecule has 3 nitrogen and oxygen atoms in total. The molecule has 0 spiro atoms. The van der Waals surface area contributed by atoms with Gasteiger partial charge in [-0.2, -0.15) is 0 Å².